The van der Waals surface area contributed by atoms with E-state index in [9.17, 15) is 4.79 Å². The van der Waals surface area contributed by atoms with E-state index in [0.717, 1.165) is 23.0 Å². The first-order chi connectivity index (χ1) is 6.31. The minimum atomic E-state index is 0.352. The lowest BCUT2D eigenvalue weighted by Gasteiger charge is -2.04. The van der Waals surface area contributed by atoms with E-state index in [4.69, 9.17) is 0 Å². The minimum Gasteiger partial charge on any atom is -0.384 e. The summed E-state index contributed by atoms with van der Waals surface area (Å²) in [6.07, 6.45) is 1.60. The summed E-state index contributed by atoms with van der Waals surface area (Å²) in [5.74, 6) is 0.352. The molecule has 0 bridgehead atoms. The molecule has 0 spiro atoms. The van der Waals surface area contributed by atoms with Crippen LogP contribution in [0, 0.1) is 0 Å². The van der Waals surface area contributed by atoms with E-state index in [1.807, 2.05) is 12.1 Å². The van der Waals surface area contributed by atoms with Gasteiger partial charge in [-0.2, -0.15) is 0 Å². The molecule has 0 saturated heterocycles. The van der Waals surface area contributed by atoms with Crippen LogP contribution in [-0.4, -0.2) is 12.8 Å². The summed E-state index contributed by atoms with van der Waals surface area (Å²) in [5.41, 5.74) is 2.41. The van der Waals surface area contributed by atoms with Crippen LogP contribution in [0.4, 0.5) is 5.69 Å². The molecule has 0 fully saturated rings. The fraction of sp³-hybridized carbons (Fsp3) is 0.300. The number of nitrogens with one attached hydrogen (secondary N) is 1. The molecule has 3 heteroatoms. The first-order valence-electron chi connectivity index (χ1n) is 4.28. The molecule has 0 aliphatic carbocycles. The van der Waals surface area contributed by atoms with E-state index >= 15 is 0 Å². The number of carbonyl (C=O) groups is 1. The van der Waals surface area contributed by atoms with Crippen molar-refractivity contribution in [2.45, 2.75) is 12.3 Å². The molecule has 0 amide bonds. The fourth-order valence-electron chi connectivity index (χ4n) is 1.70. The molecule has 0 radical (unpaired) electrons. The molecule has 0 aromatic heterocycles. The average molecular weight is 240 g/mol. The molecule has 1 aromatic rings. The van der Waals surface area contributed by atoms with Gasteiger partial charge in [0.25, 0.3) is 0 Å². The van der Waals surface area contributed by atoms with Crippen molar-refractivity contribution in [2.75, 3.05) is 11.9 Å². The number of anilines is 1. The molecule has 1 atom stereocenters. The summed E-state index contributed by atoms with van der Waals surface area (Å²) in [6, 6.07) is 6.14. The van der Waals surface area contributed by atoms with Gasteiger partial charge < -0.3 is 10.1 Å². The van der Waals surface area contributed by atoms with Crippen molar-refractivity contribution < 1.29 is 4.79 Å². The Morgan fingerprint density at radius 1 is 1.62 bits per heavy atom. The van der Waals surface area contributed by atoms with Crippen LogP contribution in [0.3, 0.4) is 0 Å². The van der Waals surface area contributed by atoms with Gasteiger partial charge in [0, 0.05) is 29.0 Å². The normalized spacial score (nSPS) is 19.3. The standard InChI is InChI=1S/C10H10BrNO/c11-8-1-2-10-9(5-8)7(3-4-13)6-12-10/h1-2,4-5,7,12H,3,6H2. The highest BCUT2D eigenvalue weighted by atomic mass is 79.9. The first-order valence-corrected chi connectivity index (χ1v) is 5.07. The maximum Gasteiger partial charge on any atom is 0.120 e. The summed E-state index contributed by atoms with van der Waals surface area (Å²) in [4.78, 5) is 10.4. The highest BCUT2D eigenvalue weighted by Gasteiger charge is 2.21. The van der Waals surface area contributed by atoms with E-state index in [1.165, 1.54) is 5.56 Å². The van der Waals surface area contributed by atoms with Crippen LogP contribution in [0.5, 0.6) is 0 Å². The van der Waals surface area contributed by atoms with E-state index in [1.54, 1.807) is 0 Å². The summed E-state index contributed by atoms with van der Waals surface area (Å²) < 4.78 is 1.07. The zero-order valence-corrected chi connectivity index (χ0v) is 8.67. The summed E-state index contributed by atoms with van der Waals surface area (Å²) >= 11 is 3.43. The Hall–Kier alpha value is -0.830. The predicted molar refractivity (Wildman–Crippen MR) is 56.1 cm³/mol. The zero-order valence-electron chi connectivity index (χ0n) is 7.09. The third-order valence-electron chi connectivity index (χ3n) is 2.37. The Balaban J connectivity index is 2.34. The number of hydrogen-bond acceptors (Lipinski definition) is 2. The lowest BCUT2D eigenvalue weighted by Crippen LogP contribution is -2.01. The van der Waals surface area contributed by atoms with E-state index in [-0.39, 0.29) is 0 Å². The van der Waals surface area contributed by atoms with Gasteiger partial charge in [-0.3, -0.25) is 0 Å². The number of aldehydes is 1. The Bertz CT molecular complexity index is 338. The van der Waals surface area contributed by atoms with Crippen LogP contribution in [0.1, 0.15) is 17.9 Å². The summed E-state index contributed by atoms with van der Waals surface area (Å²) in [6.45, 7) is 0.879. The Kier molecular flexibility index (Phi) is 2.36. The molecule has 1 aromatic carbocycles. The van der Waals surface area contributed by atoms with Crippen LogP contribution < -0.4 is 5.32 Å². The second kappa shape index (κ2) is 3.50. The molecular formula is C10H10BrNO. The van der Waals surface area contributed by atoms with Gasteiger partial charge in [-0.15, -0.1) is 0 Å². The van der Waals surface area contributed by atoms with Crippen molar-refractivity contribution in [3.05, 3.63) is 28.2 Å². The number of hydrogen-bond donors (Lipinski definition) is 1. The average Bonchev–Trinajstić information content (AvgIpc) is 2.49. The number of halogens is 1. The van der Waals surface area contributed by atoms with Crippen molar-refractivity contribution in [1.82, 2.24) is 0 Å². The molecule has 0 saturated carbocycles. The topological polar surface area (TPSA) is 29.1 Å². The van der Waals surface area contributed by atoms with Gasteiger partial charge in [0.05, 0.1) is 0 Å². The van der Waals surface area contributed by atoms with Crippen molar-refractivity contribution in [1.29, 1.82) is 0 Å². The van der Waals surface area contributed by atoms with Crippen molar-refractivity contribution in [2.24, 2.45) is 0 Å². The third-order valence-corrected chi connectivity index (χ3v) is 2.87. The van der Waals surface area contributed by atoms with Gasteiger partial charge in [-0.25, -0.2) is 0 Å². The minimum absolute atomic E-state index is 0.352. The van der Waals surface area contributed by atoms with Crippen molar-refractivity contribution in [3.63, 3.8) is 0 Å². The molecule has 1 aliphatic rings. The van der Waals surface area contributed by atoms with E-state index < -0.39 is 0 Å². The van der Waals surface area contributed by atoms with Crippen LogP contribution in [0.2, 0.25) is 0 Å². The Labute approximate surface area is 85.5 Å². The maximum atomic E-state index is 10.4. The van der Waals surface area contributed by atoms with Gasteiger partial charge in [0.15, 0.2) is 0 Å². The third kappa shape index (κ3) is 1.61. The molecule has 1 N–H and O–H groups in total. The van der Waals surface area contributed by atoms with Gasteiger partial charge in [0.2, 0.25) is 0 Å². The molecular weight excluding hydrogens is 230 g/mol. The first kappa shape index (κ1) is 8.75. The largest absolute Gasteiger partial charge is 0.384 e. The molecule has 1 aliphatic heterocycles. The predicted octanol–water partition coefficient (Wildman–Crippen LogP) is 2.55. The number of benzene rings is 1. The van der Waals surface area contributed by atoms with Crippen LogP contribution in [-0.2, 0) is 4.79 Å². The highest BCUT2D eigenvalue weighted by molar-refractivity contribution is 9.10. The molecule has 1 unspecified atom stereocenters. The lowest BCUT2D eigenvalue weighted by atomic mass is 9.99. The van der Waals surface area contributed by atoms with Crippen molar-refractivity contribution in [3.8, 4) is 0 Å². The van der Waals surface area contributed by atoms with Gasteiger partial charge in [-0.1, -0.05) is 15.9 Å². The van der Waals surface area contributed by atoms with Gasteiger partial charge in [-0.05, 0) is 23.8 Å². The molecule has 68 valence electrons. The van der Waals surface area contributed by atoms with E-state index in [2.05, 4.69) is 27.3 Å². The van der Waals surface area contributed by atoms with Crippen LogP contribution >= 0.6 is 15.9 Å². The fourth-order valence-corrected chi connectivity index (χ4v) is 2.08. The monoisotopic (exact) mass is 239 g/mol. The second-order valence-electron chi connectivity index (χ2n) is 3.21. The Morgan fingerprint density at radius 3 is 3.23 bits per heavy atom. The Morgan fingerprint density at radius 2 is 2.46 bits per heavy atom. The number of rotatable bonds is 2. The molecule has 1 heterocycles. The highest BCUT2D eigenvalue weighted by Crippen LogP contribution is 2.34. The van der Waals surface area contributed by atoms with Crippen LogP contribution in [0.15, 0.2) is 22.7 Å². The van der Waals surface area contributed by atoms with Gasteiger partial charge in [0.1, 0.15) is 6.29 Å². The zero-order chi connectivity index (χ0) is 9.26. The summed E-state index contributed by atoms with van der Waals surface area (Å²) in [5, 5.41) is 3.28. The maximum absolute atomic E-state index is 10.4. The SMILES string of the molecule is O=CCC1CNc2ccc(Br)cc21. The second-order valence-corrected chi connectivity index (χ2v) is 4.13. The number of fused-ring (bicyclic) bond motifs is 1. The van der Waals surface area contributed by atoms with E-state index in [0.29, 0.717) is 12.3 Å². The lowest BCUT2D eigenvalue weighted by molar-refractivity contribution is -0.108. The molecule has 2 rings (SSSR count). The number of carbonyl (C=O) groups excluding carboxylic acids is 1. The van der Waals surface area contributed by atoms with Crippen LogP contribution in [0.25, 0.3) is 0 Å². The molecule has 2 nitrogen and oxygen atoms in total. The smallest absolute Gasteiger partial charge is 0.120 e. The van der Waals surface area contributed by atoms with Crippen molar-refractivity contribution >= 4 is 27.9 Å². The molecule has 13 heavy (non-hydrogen) atoms. The van der Waals surface area contributed by atoms with Gasteiger partial charge >= 0.3 is 0 Å². The summed E-state index contributed by atoms with van der Waals surface area (Å²) in [7, 11) is 0. The quantitative estimate of drug-likeness (QED) is 0.805.